The van der Waals surface area contributed by atoms with Crippen LogP contribution in [0.2, 0.25) is 0 Å². The Morgan fingerprint density at radius 3 is 2.08 bits per heavy atom. The number of hydrogen-bond acceptors (Lipinski definition) is 0. The van der Waals surface area contributed by atoms with Crippen molar-refractivity contribution in [3.63, 3.8) is 0 Å². The first-order chi connectivity index (χ1) is 23.6. The van der Waals surface area contributed by atoms with Crippen LogP contribution < -0.4 is 0 Å². The Labute approximate surface area is 317 Å². The molecule has 4 aromatic carbocycles. The Bertz CT molecular complexity index is 2030. The predicted octanol–water partition coefficient (Wildman–Crippen LogP) is 13.1. The van der Waals surface area contributed by atoms with Crippen LogP contribution >= 0.6 is 0 Å². The number of hydrogen-bond donors (Lipinski definition) is 0. The van der Waals surface area contributed by atoms with Crippen molar-refractivity contribution >= 4 is 25.6 Å². The van der Waals surface area contributed by atoms with Crippen LogP contribution in [0.25, 0.3) is 33.0 Å². The summed E-state index contributed by atoms with van der Waals surface area (Å²) in [4.78, 5) is 0. The molecular formula is C49H54Zr. The molecule has 50 heavy (non-hydrogen) atoms. The Hall–Kier alpha value is -3.15. The Morgan fingerprint density at radius 1 is 0.820 bits per heavy atom. The average Bonchev–Trinajstić information content (AvgIpc) is 3.78. The van der Waals surface area contributed by atoms with Crippen LogP contribution in [0.4, 0.5) is 0 Å². The fourth-order valence-corrected chi connectivity index (χ4v) is 9.13. The number of allylic oxidation sites excluding steroid dienone is 8. The molecule has 0 bridgehead atoms. The first kappa shape index (κ1) is 36.6. The molecule has 254 valence electrons. The van der Waals surface area contributed by atoms with Crippen LogP contribution in [0.15, 0.2) is 90.0 Å². The van der Waals surface area contributed by atoms with Gasteiger partial charge in [-0.2, -0.15) is 17.2 Å². The molecule has 0 aliphatic heterocycles. The normalized spacial score (nSPS) is 18.7. The summed E-state index contributed by atoms with van der Waals surface area (Å²) >= 11 is 1.46. The van der Waals surface area contributed by atoms with Crippen LogP contribution in [0.1, 0.15) is 128 Å². The third kappa shape index (κ3) is 6.89. The van der Waals surface area contributed by atoms with Gasteiger partial charge in [-0.05, 0) is 58.4 Å². The number of benzene rings is 4. The fourth-order valence-electron chi connectivity index (χ4n) is 8.51. The molecule has 0 amide bonds. The molecule has 4 aromatic rings. The molecule has 1 heteroatoms. The fraction of sp³-hybridized carbons (Fsp3) is 0.367. The van der Waals surface area contributed by atoms with E-state index in [1.54, 1.807) is 0 Å². The Kier molecular flexibility index (Phi) is 10.1. The van der Waals surface area contributed by atoms with E-state index in [-0.39, 0.29) is 10.8 Å². The minimum absolute atomic E-state index is 0.0340. The van der Waals surface area contributed by atoms with Gasteiger partial charge in [-0.25, -0.2) is 11.1 Å². The monoisotopic (exact) mass is 732 g/mol. The first-order valence-corrected chi connectivity index (χ1v) is 20.0. The van der Waals surface area contributed by atoms with Crippen molar-refractivity contribution < 1.29 is 24.2 Å². The molecule has 1 atom stereocenters. The van der Waals surface area contributed by atoms with Crippen LogP contribution in [-0.2, 0) is 41.5 Å². The van der Waals surface area contributed by atoms with Gasteiger partial charge in [0.2, 0.25) is 0 Å². The van der Waals surface area contributed by atoms with Gasteiger partial charge in [0.1, 0.15) is 0 Å². The molecule has 0 aromatic heterocycles. The molecule has 4 aliphatic carbocycles. The van der Waals surface area contributed by atoms with Gasteiger partial charge in [0.15, 0.2) is 0 Å². The summed E-state index contributed by atoms with van der Waals surface area (Å²) in [5.74, 6) is 0.573. The zero-order valence-electron chi connectivity index (χ0n) is 32.3. The van der Waals surface area contributed by atoms with Crippen molar-refractivity contribution in [2.24, 2.45) is 11.3 Å². The topological polar surface area (TPSA) is 0 Å². The van der Waals surface area contributed by atoms with Gasteiger partial charge in [-0.3, -0.25) is 12.2 Å². The molecule has 8 rings (SSSR count). The third-order valence-electron chi connectivity index (χ3n) is 11.1. The molecule has 0 saturated heterocycles. The zero-order chi connectivity index (χ0) is 36.2. The van der Waals surface area contributed by atoms with E-state index in [0.29, 0.717) is 11.3 Å². The van der Waals surface area contributed by atoms with Gasteiger partial charge in [-0.1, -0.05) is 117 Å². The van der Waals surface area contributed by atoms with Crippen molar-refractivity contribution in [3.05, 3.63) is 141 Å². The van der Waals surface area contributed by atoms with E-state index in [1.165, 1.54) is 114 Å². The van der Waals surface area contributed by atoms with E-state index in [9.17, 15) is 0 Å². The quantitative estimate of drug-likeness (QED) is 0.162. The Morgan fingerprint density at radius 2 is 1.46 bits per heavy atom. The molecule has 0 heterocycles. The maximum atomic E-state index is 3.65. The number of fused-ring (bicyclic) bond motifs is 6. The van der Waals surface area contributed by atoms with E-state index in [1.807, 2.05) is 0 Å². The number of rotatable bonds is 3. The van der Waals surface area contributed by atoms with Gasteiger partial charge in [-0.15, -0.1) is 11.6 Å². The van der Waals surface area contributed by atoms with Gasteiger partial charge < -0.3 is 0 Å². The summed E-state index contributed by atoms with van der Waals surface area (Å²) in [6, 6.07) is 24.7. The van der Waals surface area contributed by atoms with E-state index in [2.05, 4.69) is 171 Å². The molecule has 1 unspecified atom stereocenters. The predicted molar refractivity (Wildman–Crippen MR) is 214 cm³/mol. The molecule has 0 saturated carbocycles. The molecular weight excluding hydrogens is 680 g/mol. The Balaban J connectivity index is 0.000000146. The van der Waals surface area contributed by atoms with Gasteiger partial charge >= 0.3 is 86.7 Å². The summed E-state index contributed by atoms with van der Waals surface area (Å²) in [5.41, 5.74) is 19.2. The van der Waals surface area contributed by atoms with E-state index < -0.39 is 0 Å². The summed E-state index contributed by atoms with van der Waals surface area (Å²) in [6.45, 7) is 25.0. The molecule has 0 nitrogen and oxygen atoms in total. The molecule has 0 fully saturated rings. The van der Waals surface area contributed by atoms with Gasteiger partial charge in [0.05, 0.1) is 0 Å². The van der Waals surface area contributed by atoms with E-state index in [0.717, 1.165) is 12.8 Å². The van der Waals surface area contributed by atoms with Crippen molar-refractivity contribution in [2.75, 3.05) is 0 Å². The van der Waals surface area contributed by atoms with Crippen LogP contribution in [-0.4, -0.2) is 3.71 Å². The van der Waals surface area contributed by atoms with Crippen molar-refractivity contribution in [1.29, 1.82) is 0 Å². The third-order valence-corrected chi connectivity index (χ3v) is 11.8. The summed E-state index contributed by atoms with van der Waals surface area (Å²) in [6.07, 6.45) is 15.4. The van der Waals surface area contributed by atoms with Gasteiger partial charge in [0.25, 0.3) is 0 Å². The molecule has 0 spiro atoms. The standard InChI is InChI=1S/C25H25.C13H21.C11H8.Zr/c1-14-12-24(3,4)22-8-16-7-17-9-23-19(15(2)13-25(23,5)6)11-21(17)20(16)10-18(14)22;1-6-10-8-11(7-2)12(9-10)13(3,4)5;1-9-5-4-7-10-6-2-3-8-11(9)10;/h8-12H,7H2,1-6H3;9-10H,6-7H2,1-5H3;1-8H;/q2*-1;;+2. The van der Waals surface area contributed by atoms with Crippen LogP contribution in [0.3, 0.4) is 0 Å². The second-order valence-corrected chi connectivity index (χ2v) is 17.5. The average molecular weight is 734 g/mol. The minimum atomic E-state index is 0.0340. The second kappa shape index (κ2) is 13.8. The molecule has 4 aliphatic rings. The second-order valence-electron chi connectivity index (χ2n) is 16.7. The first-order valence-electron chi connectivity index (χ1n) is 18.6. The van der Waals surface area contributed by atoms with Crippen LogP contribution in [0.5, 0.6) is 0 Å². The molecule has 0 radical (unpaired) electrons. The van der Waals surface area contributed by atoms with Crippen molar-refractivity contribution in [1.82, 2.24) is 0 Å². The maximum absolute atomic E-state index is 3.65. The SMILES string of the molecule is CC1=[C-]C(C)(C)c2cc3c(cc21)-c1cc2c(cc1C3)C(C)(C)C=C2C.CCC1=[C-]C(CC)C=C1C(C)(C)C.[Zr+2]=[CH]c1cccc2ccccc12. The van der Waals surface area contributed by atoms with Gasteiger partial charge in [0, 0.05) is 5.41 Å². The summed E-state index contributed by atoms with van der Waals surface area (Å²) in [5, 5.41) is 2.69. The zero-order valence-corrected chi connectivity index (χ0v) is 34.7. The van der Waals surface area contributed by atoms with Crippen LogP contribution in [0, 0.1) is 23.5 Å². The molecule has 0 N–H and O–H groups in total. The van der Waals surface area contributed by atoms with E-state index in [4.69, 9.17) is 0 Å². The summed E-state index contributed by atoms with van der Waals surface area (Å²) in [7, 11) is 0. The van der Waals surface area contributed by atoms with E-state index >= 15 is 0 Å². The van der Waals surface area contributed by atoms with Crippen molar-refractivity contribution in [2.45, 2.75) is 106 Å². The summed E-state index contributed by atoms with van der Waals surface area (Å²) < 4.78 is 2.23. The van der Waals surface area contributed by atoms with Crippen molar-refractivity contribution in [3.8, 4) is 11.1 Å².